The van der Waals surface area contributed by atoms with E-state index in [0.717, 1.165) is 0 Å². The quantitative estimate of drug-likeness (QED) is 0.239. The number of rotatable bonds is 6. The van der Waals surface area contributed by atoms with E-state index in [1.807, 2.05) is 0 Å². The number of aromatic hydroxyl groups is 3. The summed E-state index contributed by atoms with van der Waals surface area (Å²) in [6, 6.07) is 19.7. The van der Waals surface area contributed by atoms with Crippen LogP contribution in [0.4, 0.5) is 0 Å². The lowest BCUT2D eigenvalue weighted by Gasteiger charge is -2.03. The van der Waals surface area contributed by atoms with Gasteiger partial charge in [-0.2, -0.15) is 15.3 Å². The molecule has 9 heteroatoms. The fraction of sp³-hybridized carbons (Fsp3) is 0. The fourth-order valence-electron chi connectivity index (χ4n) is 2.37. The average molecular weight is 416 g/mol. The summed E-state index contributed by atoms with van der Waals surface area (Å²) in [7, 11) is 0. The molecule has 156 valence electrons. The van der Waals surface area contributed by atoms with Crippen LogP contribution in [0.15, 0.2) is 93.2 Å². The molecule has 0 atom stereocenters. The molecule has 0 amide bonds. The highest BCUT2D eigenvalue weighted by Gasteiger charge is 1.96. The Kier molecular flexibility index (Phi) is 7.31. The molecular formula is C22H20N6O3. The maximum atomic E-state index is 9.52. The van der Waals surface area contributed by atoms with Crippen molar-refractivity contribution in [1.82, 2.24) is 10.9 Å². The number of nitrogens with zero attached hydrogens (tertiary/aromatic N) is 4. The van der Waals surface area contributed by atoms with Gasteiger partial charge in [0, 0.05) is 0 Å². The van der Waals surface area contributed by atoms with Crippen LogP contribution < -0.4 is 10.9 Å². The lowest BCUT2D eigenvalue weighted by molar-refractivity contribution is 0.474. The number of guanidine groups is 1. The van der Waals surface area contributed by atoms with Crippen LogP contribution in [0.3, 0.4) is 0 Å². The van der Waals surface area contributed by atoms with E-state index in [1.165, 1.54) is 18.6 Å². The minimum atomic E-state index is 0.115. The molecule has 0 fully saturated rings. The number of benzene rings is 3. The van der Waals surface area contributed by atoms with Crippen molar-refractivity contribution in [2.75, 3.05) is 0 Å². The Morgan fingerprint density at radius 2 is 1.03 bits per heavy atom. The summed E-state index contributed by atoms with van der Waals surface area (Å²) in [4.78, 5) is 0. The van der Waals surface area contributed by atoms with E-state index >= 15 is 0 Å². The van der Waals surface area contributed by atoms with E-state index in [1.54, 1.807) is 72.8 Å². The predicted molar refractivity (Wildman–Crippen MR) is 121 cm³/mol. The second-order valence-electron chi connectivity index (χ2n) is 6.22. The van der Waals surface area contributed by atoms with Gasteiger partial charge in [0.25, 0.3) is 5.96 Å². The van der Waals surface area contributed by atoms with Crippen molar-refractivity contribution < 1.29 is 15.3 Å². The Balaban J connectivity index is 1.71. The van der Waals surface area contributed by atoms with Gasteiger partial charge in [0.05, 0.1) is 18.6 Å². The van der Waals surface area contributed by atoms with Crippen LogP contribution in [-0.4, -0.2) is 39.9 Å². The minimum Gasteiger partial charge on any atom is -0.508 e. The fourth-order valence-corrected chi connectivity index (χ4v) is 2.37. The van der Waals surface area contributed by atoms with Crippen LogP contribution in [0.5, 0.6) is 17.2 Å². The van der Waals surface area contributed by atoms with Crippen molar-refractivity contribution in [2.24, 2.45) is 20.4 Å². The molecule has 3 aromatic rings. The summed E-state index contributed by atoms with van der Waals surface area (Å²) < 4.78 is 0. The zero-order chi connectivity index (χ0) is 21.9. The number of hydrogen-bond donors (Lipinski definition) is 5. The van der Waals surface area contributed by atoms with E-state index in [0.29, 0.717) is 16.7 Å². The Bertz CT molecular complexity index is 1080. The van der Waals surface area contributed by atoms with E-state index in [-0.39, 0.29) is 23.2 Å². The molecular weight excluding hydrogens is 396 g/mol. The minimum absolute atomic E-state index is 0.115. The van der Waals surface area contributed by atoms with E-state index in [9.17, 15) is 15.3 Å². The van der Waals surface area contributed by atoms with Gasteiger partial charge in [-0.25, -0.2) is 10.9 Å². The van der Waals surface area contributed by atoms with Crippen LogP contribution in [0.25, 0.3) is 0 Å². The largest absolute Gasteiger partial charge is 0.508 e. The first-order valence-electron chi connectivity index (χ1n) is 9.15. The van der Waals surface area contributed by atoms with E-state index < -0.39 is 0 Å². The molecule has 0 heterocycles. The van der Waals surface area contributed by atoms with Gasteiger partial charge in [-0.1, -0.05) is 36.4 Å². The molecule has 5 N–H and O–H groups in total. The maximum absolute atomic E-state index is 9.52. The number of phenolic OH excluding ortho intramolecular Hbond substituents is 3. The molecule has 31 heavy (non-hydrogen) atoms. The summed E-state index contributed by atoms with van der Waals surface area (Å²) in [6.45, 7) is 0. The zero-order valence-corrected chi connectivity index (χ0v) is 16.3. The van der Waals surface area contributed by atoms with Gasteiger partial charge in [-0.3, -0.25) is 0 Å². The van der Waals surface area contributed by atoms with Crippen LogP contribution >= 0.6 is 0 Å². The molecule has 0 aliphatic heterocycles. The third-order valence-corrected chi connectivity index (χ3v) is 3.74. The molecule has 3 rings (SSSR count). The highest BCUT2D eigenvalue weighted by molar-refractivity contribution is 5.87. The second kappa shape index (κ2) is 10.8. The van der Waals surface area contributed by atoms with E-state index in [4.69, 9.17) is 0 Å². The topological polar surface area (TPSA) is 134 Å². The average Bonchev–Trinajstić information content (AvgIpc) is 2.74. The first-order chi connectivity index (χ1) is 15.1. The molecule has 0 aliphatic rings. The zero-order valence-electron chi connectivity index (χ0n) is 16.3. The number of phenols is 3. The summed E-state index contributed by atoms with van der Waals surface area (Å²) >= 11 is 0. The molecule has 0 radical (unpaired) electrons. The second-order valence-corrected chi connectivity index (χ2v) is 6.22. The summed E-state index contributed by atoms with van der Waals surface area (Å²) in [5, 5.41) is 44.6. The van der Waals surface area contributed by atoms with Crippen LogP contribution in [0.2, 0.25) is 0 Å². The molecule has 0 saturated carbocycles. The van der Waals surface area contributed by atoms with Crippen LogP contribution in [0, 0.1) is 0 Å². The predicted octanol–water partition coefficient (Wildman–Crippen LogP) is 2.74. The monoisotopic (exact) mass is 416 g/mol. The maximum Gasteiger partial charge on any atom is 0.257 e. The van der Waals surface area contributed by atoms with Gasteiger partial charge in [-0.15, -0.1) is 5.10 Å². The molecule has 0 bridgehead atoms. The van der Waals surface area contributed by atoms with Crippen molar-refractivity contribution >= 4 is 24.6 Å². The van der Waals surface area contributed by atoms with Gasteiger partial charge >= 0.3 is 0 Å². The van der Waals surface area contributed by atoms with Gasteiger partial charge in [0.1, 0.15) is 17.2 Å². The van der Waals surface area contributed by atoms with Crippen molar-refractivity contribution in [3.63, 3.8) is 0 Å². The standard InChI is InChI=1S/C22H20N6O3/c29-19-7-1-4-16(10-19)13-23-26-22(27-24-14-17-5-2-8-20(30)11-17)28-25-15-18-6-3-9-21(31)12-18/h1-15,29-31H,(H2,26,27,28). The summed E-state index contributed by atoms with van der Waals surface area (Å²) in [5.74, 6) is 0.491. The Morgan fingerprint density at radius 1 is 0.613 bits per heavy atom. The van der Waals surface area contributed by atoms with Crippen LogP contribution in [-0.2, 0) is 0 Å². The first kappa shape index (κ1) is 21.1. The third kappa shape index (κ3) is 7.35. The lowest BCUT2D eigenvalue weighted by Crippen LogP contribution is -2.30. The first-order valence-corrected chi connectivity index (χ1v) is 9.15. The third-order valence-electron chi connectivity index (χ3n) is 3.74. The number of hydrogen-bond acceptors (Lipinski definition) is 7. The van der Waals surface area contributed by atoms with Gasteiger partial charge in [0.15, 0.2) is 0 Å². The SMILES string of the molecule is Oc1cccc(C=NN=C(NN=Cc2cccc(O)c2)NN=Cc2cccc(O)c2)c1. The van der Waals surface area contributed by atoms with Crippen molar-refractivity contribution in [2.45, 2.75) is 0 Å². The lowest BCUT2D eigenvalue weighted by atomic mass is 10.2. The highest BCUT2D eigenvalue weighted by Crippen LogP contribution is 2.10. The number of nitrogens with one attached hydrogen (secondary N) is 2. The molecule has 9 nitrogen and oxygen atoms in total. The van der Waals surface area contributed by atoms with Crippen LogP contribution in [0.1, 0.15) is 16.7 Å². The van der Waals surface area contributed by atoms with E-state index in [2.05, 4.69) is 31.3 Å². The Morgan fingerprint density at radius 3 is 1.45 bits per heavy atom. The Labute approximate surface area is 178 Å². The van der Waals surface area contributed by atoms with Gasteiger partial charge in [-0.05, 0) is 53.1 Å². The highest BCUT2D eigenvalue weighted by atomic mass is 16.3. The molecule has 0 aliphatic carbocycles. The van der Waals surface area contributed by atoms with Gasteiger partial charge in [0.2, 0.25) is 0 Å². The molecule has 0 aromatic heterocycles. The van der Waals surface area contributed by atoms with Crippen molar-refractivity contribution in [3.05, 3.63) is 89.5 Å². The molecule has 0 saturated heterocycles. The van der Waals surface area contributed by atoms with Crippen molar-refractivity contribution in [1.29, 1.82) is 0 Å². The van der Waals surface area contributed by atoms with Gasteiger partial charge < -0.3 is 15.3 Å². The molecule has 3 aromatic carbocycles. The summed E-state index contributed by atoms with van der Waals surface area (Å²) in [5.41, 5.74) is 7.39. The summed E-state index contributed by atoms with van der Waals surface area (Å²) in [6.07, 6.45) is 4.45. The van der Waals surface area contributed by atoms with Crippen molar-refractivity contribution in [3.8, 4) is 17.2 Å². The normalized spacial score (nSPS) is 11.2. The molecule has 0 unspecified atom stereocenters. The number of hydrazone groups is 2. The Hall–Kier alpha value is -4.66. The smallest absolute Gasteiger partial charge is 0.257 e. The molecule has 0 spiro atoms.